The number of likely N-dealkylation sites (N-methyl/N-ethyl adjacent to an activating group) is 1. The third kappa shape index (κ3) is 3.24. The zero-order chi connectivity index (χ0) is 13.8. The molecule has 0 N–H and O–H groups in total. The minimum absolute atomic E-state index is 0.188. The van der Waals surface area contributed by atoms with E-state index in [1.807, 2.05) is 30.0 Å². The lowest BCUT2D eigenvalue weighted by atomic mass is 10.2. The number of rotatable bonds is 5. The van der Waals surface area contributed by atoms with E-state index >= 15 is 0 Å². The number of fused-ring (bicyclic) bond motifs is 1. The zero-order valence-electron chi connectivity index (χ0n) is 11.9. The van der Waals surface area contributed by atoms with Crippen LogP contribution in [0.3, 0.4) is 0 Å². The third-order valence-electron chi connectivity index (χ3n) is 3.49. The highest BCUT2D eigenvalue weighted by molar-refractivity contribution is 5.96. The molecule has 1 aromatic carbocycles. The van der Waals surface area contributed by atoms with E-state index in [2.05, 4.69) is 24.5 Å². The summed E-state index contributed by atoms with van der Waals surface area (Å²) in [5.41, 5.74) is 3.45. The van der Waals surface area contributed by atoms with Gasteiger partial charge in [0, 0.05) is 18.8 Å². The topological polar surface area (TPSA) is 23.6 Å². The van der Waals surface area contributed by atoms with Crippen LogP contribution in [0.2, 0.25) is 0 Å². The molecule has 0 aromatic heterocycles. The van der Waals surface area contributed by atoms with Gasteiger partial charge in [0.15, 0.2) is 0 Å². The number of amides is 1. The molecule has 3 heteroatoms. The molecule has 1 heterocycles. The van der Waals surface area contributed by atoms with Gasteiger partial charge in [0.25, 0.3) is 0 Å². The highest BCUT2D eigenvalue weighted by Crippen LogP contribution is 2.27. The third-order valence-corrected chi connectivity index (χ3v) is 3.49. The molecule has 0 spiro atoms. The Hall–Kier alpha value is -1.61. The van der Waals surface area contributed by atoms with Crippen molar-refractivity contribution in [1.82, 2.24) is 4.90 Å². The highest BCUT2D eigenvalue weighted by atomic mass is 16.2. The zero-order valence-corrected chi connectivity index (χ0v) is 11.9. The summed E-state index contributed by atoms with van der Waals surface area (Å²) in [6.45, 7) is 10.9. The van der Waals surface area contributed by atoms with Crippen LogP contribution in [0.4, 0.5) is 5.69 Å². The highest BCUT2D eigenvalue weighted by Gasteiger charge is 2.24. The quantitative estimate of drug-likeness (QED) is 0.758. The van der Waals surface area contributed by atoms with Gasteiger partial charge in [-0.05, 0) is 31.5 Å². The molecule has 1 aliphatic heterocycles. The SMILES string of the molecule is C=C(C)CN(CC)CC(=O)N1CCc2ccccc21. The van der Waals surface area contributed by atoms with Crippen LogP contribution in [-0.4, -0.2) is 37.0 Å². The van der Waals surface area contributed by atoms with E-state index in [1.54, 1.807) is 0 Å². The van der Waals surface area contributed by atoms with E-state index in [1.165, 1.54) is 5.56 Å². The van der Waals surface area contributed by atoms with Crippen LogP contribution in [-0.2, 0) is 11.2 Å². The van der Waals surface area contributed by atoms with Crippen molar-refractivity contribution in [3.05, 3.63) is 42.0 Å². The maximum atomic E-state index is 12.4. The Balaban J connectivity index is 2.03. The molecule has 19 heavy (non-hydrogen) atoms. The molecule has 0 fully saturated rings. The fourth-order valence-electron chi connectivity index (χ4n) is 2.54. The summed E-state index contributed by atoms with van der Waals surface area (Å²) in [7, 11) is 0. The van der Waals surface area contributed by atoms with E-state index in [4.69, 9.17) is 0 Å². The largest absolute Gasteiger partial charge is 0.311 e. The monoisotopic (exact) mass is 258 g/mol. The maximum Gasteiger partial charge on any atom is 0.241 e. The van der Waals surface area contributed by atoms with Crippen molar-refractivity contribution in [3.8, 4) is 0 Å². The minimum atomic E-state index is 0.188. The Labute approximate surface area is 115 Å². The van der Waals surface area contributed by atoms with Crippen molar-refractivity contribution < 1.29 is 4.79 Å². The second-order valence-electron chi connectivity index (χ2n) is 5.18. The number of anilines is 1. The molecular formula is C16H22N2O. The molecular weight excluding hydrogens is 236 g/mol. The normalized spacial score (nSPS) is 13.7. The summed E-state index contributed by atoms with van der Waals surface area (Å²) >= 11 is 0. The van der Waals surface area contributed by atoms with Gasteiger partial charge < -0.3 is 4.90 Å². The number of hydrogen-bond acceptors (Lipinski definition) is 2. The van der Waals surface area contributed by atoms with Crippen LogP contribution in [0.5, 0.6) is 0 Å². The lowest BCUT2D eigenvalue weighted by Crippen LogP contribution is -2.40. The summed E-state index contributed by atoms with van der Waals surface area (Å²) in [5.74, 6) is 0.188. The standard InChI is InChI=1S/C16H22N2O/c1-4-17(11-13(2)3)12-16(19)18-10-9-14-7-5-6-8-15(14)18/h5-8H,2,4,9-12H2,1,3H3. The molecule has 0 saturated carbocycles. The van der Waals surface area contributed by atoms with Gasteiger partial charge in [-0.1, -0.05) is 37.3 Å². The molecule has 3 nitrogen and oxygen atoms in total. The van der Waals surface area contributed by atoms with Crippen molar-refractivity contribution in [3.63, 3.8) is 0 Å². The smallest absolute Gasteiger partial charge is 0.241 e. The number of carbonyl (C=O) groups excluding carboxylic acids is 1. The van der Waals surface area contributed by atoms with E-state index < -0.39 is 0 Å². The van der Waals surface area contributed by atoms with Gasteiger partial charge in [0.1, 0.15) is 0 Å². The predicted molar refractivity (Wildman–Crippen MR) is 79.4 cm³/mol. The first kappa shape index (κ1) is 13.8. The Morgan fingerprint density at radius 1 is 1.37 bits per heavy atom. The van der Waals surface area contributed by atoms with Gasteiger partial charge in [-0.2, -0.15) is 0 Å². The molecule has 0 atom stereocenters. The van der Waals surface area contributed by atoms with Gasteiger partial charge in [0.05, 0.1) is 6.54 Å². The van der Waals surface area contributed by atoms with Crippen LogP contribution in [0.1, 0.15) is 19.4 Å². The van der Waals surface area contributed by atoms with Crippen LogP contribution in [0.25, 0.3) is 0 Å². The van der Waals surface area contributed by atoms with Gasteiger partial charge in [0.2, 0.25) is 5.91 Å². The number of benzene rings is 1. The summed E-state index contributed by atoms with van der Waals surface area (Å²) in [5, 5.41) is 0. The Morgan fingerprint density at radius 2 is 2.11 bits per heavy atom. The first-order chi connectivity index (χ1) is 9.11. The second kappa shape index (κ2) is 6.02. The van der Waals surface area contributed by atoms with E-state index in [-0.39, 0.29) is 5.91 Å². The predicted octanol–water partition coefficient (Wildman–Crippen LogP) is 2.47. The van der Waals surface area contributed by atoms with Crippen LogP contribution < -0.4 is 4.90 Å². The molecule has 1 amide bonds. The van der Waals surface area contributed by atoms with Gasteiger partial charge in [-0.3, -0.25) is 9.69 Å². The van der Waals surface area contributed by atoms with E-state index in [9.17, 15) is 4.79 Å². The number of nitrogens with zero attached hydrogens (tertiary/aromatic N) is 2. The molecule has 0 unspecified atom stereocenters. The molecule has 0 aliphatic carbocycles. The lowest BCUT2D eigenvalue weighted by molar-refractivity contribution is -0.119. The lowest BCUT2D eigenvalue weighted by Gasteiger charge is -2.24. The van der Waals surface area contributed by atoms with E-state index in [0.29, 0.717) is 6.54 Å². The summed E-state index contributed by atoms with van der Waals surface area (Å²) in [6.07, 6.45) is 0.967. The average molecular weight is 258 g/mol. The fourth-order valence-corrected chi connectivity index (χ4v) is 2.54. The molecule has 102 valence electrons. The Morgan fingerprint density at radius 3 is 2.79 bits per heavy atom. The first-order valence-electron chi connectivity index (χ1n) is 6.86. The van der Waals surface area contributed by atoms with Crippen molar-refractivity contribution in [1.29, 1.82) is 0 Å². The minimum Gasteiger partial charge on any atom is -0.311 e. The van der Waals surface area contributed by atoms with Crippen molar-refractivity contribution in [2.75, 3.05) is 31.1 Å². The van der Waals surface area contributed by atoms with Crippen molar-refractivity contribution >= 4 is 11.6 Å². The number of hydrogen-bond donors (Lipinski definition) is 0. The molecule has 1 aromatic rings. The average Bonchev–Trinajstić information content (AvgIpc) is 2.81. The first-order valence-corrected chi connectivity index (χ1v) is 6.86. The van der Waals surface area contributed by atoms with E-state index in [0.717, 1.165) is 37.3 Å². The molecule has 1 aliphatic rings. The van der Waals surface area contributed by atoms with Gasteiger partial charge in [-0.15, -0.1) is 0 Å². The van der Waals surface area contributed by atoms with Crippen molar-refractivity contribution in [2.24, 2.45) is 0 Å². The fraction of sp³-hybridized carbons (Fsp3) is 0.438. The van der Waals surface area contributed by atoms with Gasteiger partial charge >= 0.3 is 0 Å². The number of para-hydroxylation sites is 1. The summed E-state index contributed by atoms with van der Waals surface area (Å²) in [4.78, 5) is 16.5. The molecule has 0 saturated heterocycles. The van der Waals surface area contributed by atoms with Gasteiger partial charge in [-0.25, -0.2) is 0 Å². The summed E-state index contributed by atoms with van der Waals surface area (Å²) in [6, 6.07) is 8.17. The molecule has 2 rings (SSSR count). The molecule has 0 bridgehead atoms. The maximum absolute atomic E-state index is 12.4. The van der Waals surface area contributed by atoms with Crippen molar-refractivity contribution in [2.45, 2.75) is 20.3 Å². The van der Waals surface area contributed by atoms with Crippen LogP contribution in [0.15, 0.2) is 36.4 Å². The number of carbonyl (C=O) groups is 1. The van der Waals surface area contributed by atoms with Crippen LogP contribution >= 0.6 is 0 Å². The Bertz CT molecular complexity index is 481. The Kier molecular flexibility index (Phi) is 4.38. The molecule has 0 radical (unpaired) electrons. The summed E-state index contributed by atoms with van der Waals surface area (Å²) < 4.78 is 0. The van der Waals surface area contributed by atoms with Crippen LogP contribution in [0, 0.1) is 0 Å². The second-order valence-corrected chi connectivity index (χ2v) is 5.18.